The molecule has 1 rings (SSSR count). The van der Waals surface area contributed by atoms with E-state index >= 15 is 0 Å². The lowest BCUT2D eigenvalue weighted by Crippen LogP contribution is -2.45. The van der Waals surface area contributed by atoms with Gasteiger partial charge in [0.25, 0.3) is 0 Å². The first-order valence-electron chi connectivity index (χ1n) is 4.93. The summed E-state index contributed by atoms with van der Waals surface area (Å²) in [5, 5.41) is 0. The van der Waals surface area contributed by atoms with Crippen LogP contribution < -0.4 is 15.6 Å². The monoisotopic (exact) mass is 235 g/mol. The van der Waals surface area contributed by atoms with Crippen molar-refractivity contribution in [3.63, 3.8) is 0 Å². The van der Waals surface area contributed by atoms with Gasteiger partial charge in [-0.15, -0.1) is 0 Å². The maximum absolute atomic E-state index is 11.0. The van der Waals surface area contributed by atoms with E-state index in [1.54, 1.807) is 0 Å². The molecular weight excluding hydrogens is 218 g/mol. The molecule has 88 valence electrons. The quantitative estimate of drug-likeness (QED) is 0.425. The lowest BCUT2D eigenvalue weighted by atomic mass is 9.92. The highest BCUT2D eigenvalue weighted by Crippen LogP contribution is 2.18. The summed E-state index contributed by atoms with van der Waals surface area (Å²) in [5.41, 5.74) is 5.27. The van der Waals surface area contributed by atoms with Crippen LogP contribution in [-0.2, 0) is 14.8 Å². The lowest BCUT2D eigenvalue weighted by molar-refractivity contribution is -0.110. The molecule has 0 atom stereocenters. The fourth-order valence-electron chi connectivity index (χ4n) is 1.81. The molecule has 1 amide bonds. The minimum absolute atomic E-state index is 0.0364. The zero-order valence-corrected chi connectivity index (χ0v) is 9.51. The Bertz CT molecular complexity index is 296. The molecule has 1 aliphatic carbocycles. The molecule has 0 saturated heterocycles. The number of hydrogen-bond donors (Lipinski definition) is 3. The second-order valence-electron chi connectivity index (χ2n) is 3.85. The average molecular weight is 235 g/mol. The van der Waals surface area contributed by atoms with Gasteiger partial charge in [0.1, 0.15) is 0 Å². The van der Waals surface area contributed by atoms with Gasteiger partial charge >= 0.3 is 0 Å². The number of nitrogens with one attached hydrogen (secondary N) is 3. The Morgan fingerprint density at radius 1 is 1.13 bits per heavy atom. The Morgan fingerprint density at radius 2 is 1.67 bits per heavy atom. The lowest BCUT2D eigenvalue weighted by Gasteiger charge is -2.28. The largest absolute Gasteiger partial charge is 0.294 e. The molecule has 1 saturated carbocycles. The molecule has 15 heavy (non-hydrogen) atoms. The zero-order valence-electron chi connectivity index (χ0n) is 8.69. The molecule has 3 N–H and O–H groups in total. The minimum atomic E-state index is -3.10. The molecule has 0 spiro atoms. The van der Waals surface area contributed by atoms with Crippen LogP contribution in [-0.4, -0.2) is 33.2 Å². The Balaban J connectivity index is 2.26. The summed E-state index contributed by atoms with van der Waals surface area (Å²) in [5.74, 6) is 0. The number of carbonyl (C=O) groups excluding carboxylic acids is 1. The van der Waals surface area contributed by atoms with Crippen molar-refractivity contribution in [2.24, 2.45) is 0 Å². The topological polar surface area (TPSA) is 87.3 Å². The number of amides is 1. The first-order chi connectivity index (χ1) is 7.01. The van der Waals surface area contributed by atoms with Crippen molar-refractivity contribution in [1.29, 1.82) is 0 Å². The second kappa shape index (κ2) is 5.43. The summed E-state index contributed by atoms with van der Waals surface area (Å²) in [7, 11) is -3.10. The van der Waals surface area contributed by atoms with Crippen molar-refractivity contribution in [3.05, 3.63) is 0 Å². The van der Waals surface area contributed by atoms with E-state index in [9.17, 15) is 13.2 Å². The van der Waals surface area contributed by atoms with Crippen molar-refractivity contribution >= 4 is 16.4 Å². The molecule has 1 fully saturated rings. The summed E-state index contributed by atoms with van der Waals surface area (Å²) in [6.07, 6.45) is 5.07. The highest BCUT2D eigenvalue weighted by molar-refractivity contribution is 7.88. The Labute approximate surface area is 89.8 Å². The fourth-order valence-corrected chi connectivity index (χ4v) is 2.65. The molecule has 6 nitrogen and oxygen atoms in total. The number of carbonyl (C=O) groups is 1. The fraction of sp³-hybridized carbons (Fsp3) is 0.875. The number of hydrogen-bond acceptors (Lipinski definition) is 4. The van der Waals surface area contributed by atoms with Gasteiger partial charge in [0.2, 0.25) is 16.4 Å². The SMILES string of the molecule is CS(=O)(=O)NC1CCC(NNC=O)CC1. The molecule has 0 aliphatic heterocycles. The number of hydrazine groups is 1. The maximum Gasteiger partial charge on any atom is 0.221 e. The molecule has 0 heterocycles. The summed E-state index contributed by atoms with van der Waals surface area (Å²) < 4.78 is 24.5. The van der Waals surface area contributed by atoms with Gasteiger partial charge in [-0.3, -0.25) is 10.2 Å². The maximum atomic E-state index is 11.0. The molecule has 0 radical (unpaired) electrons. The van der Waals surface area contributed by atoms with Gasteiger partial charge in [0.15, 0.2) is 0 Å². The van der Waals surface area contributed by atoms with E-state index < -0.39 is 10.0 Å². The van der Waals surface area contributed by atoms with Crippen LogP contribution in [0.2, 0.25) is 0 Å². The van der Waals surface area contributed by atoms with Gasteiger partial charge < -0.3 is 0 Å². The predicted molar refractivity (Wildman–Crippen MR) is 56.4 cm³/mol. The van der Waals surface area contributed by atoms with Gasteiger partial charge in [0, 0.05) is 12.1 Å². The van der Waals surface area contributed by atoms with E-state index in [1.807, 2.05) is 0 Å². The van der Waals surface area contributed by atoms with Crippen molar-refractivity contribution in [1.82, 2.24) is 15.6 Å². The first kappa shape index (κ1) is 12.4. The Hall–Kier alpha value is -0.660. The third-order valence-electron chi connectivity index (χ3n) is 2.45. The molecule has 0 aromatic carbocycles. The van der Waals surface area contributed by atoms with Crippen molar-refractivity contribution in [3.8, 4) is 0 Å². The normalized spacial score (nSPS) is 27.3. The third-order valence-corrected chi connectivity index (χ3v) is 3.22. The molecule has 0 bridgehead atoms. The third kappa shape index (κ3) is 5.10. The minimum Gasteiger partial charge on any atom is -0.294 e. The predicted octanol–water partition coefficient (Wildman–Crippen LogP) is -0.903. The first-order valence-corrected chi connectivity index (χ1v) is 6.82. The Kier molecular flexibility index (Phi) is 4.49. The van der Waals surface area contributed by atoms with Crippen LogP contribution in [0.15, 0.2) is 0 Å². The van der Waals surface area contributed by atoms with Crippen LogP contribution in [0.25, 0.3) is 0 Å². The van der Waals surface area contributed by atoms with Gasteiger partial charge in [-0.1, -0.05) is 0 Å². The van der Waals surface area contributed by atoms with E-state index in [0.29, 0.717) is 6.41 Å². The van der Waals surface area contributed by atoms with Crippen LogP contribution in [0.3, 0.4) is 0 Å². The molecular formula is C8H17N3O3S. The highest BCUT2D eigenvalue weighted by atomic mass is 32.2. The molecule has 0 aromatic rings. The summed E-state index contributed by atoms with van der Waals surface area (Å²) >= 11 is 0. The molecule has 1 aliphatic rings. The molecule has 0 unspecified atom stereocenters. The Morgan fingerprint density at radius 3 is 2.13 bits per heavy atom. The second-order valence-corrected chi connectivity index (χ2v) is 5.63. The smallest absolute Gasteiger partial charge is 0.221 e. The highest BCUT2D eigenvalue weighted by Gasteiger charge is 2.22. The standard InChI is InChI=1S/C8H17N3O3S/c1-15(13,14)11-8-4-2-7(3-5-8)10-9-6-12/h6-8,10-11H,2-5H2,1H3,(H,9,12). The number of rotatable bonds is 5. The van der Waals surface area contributed by atoms with E-state index in [-0.39, 0.29) is 12.1 Å². The van der Waals surface area contributed by atoms with E-state index in [0.717, 1.165) is 25.7 Å². The van der Waals surface area contributed by atoms with Gasteiger partial charge in [-0.25, -0.2) is 18.6 Å². The van der Waals surface area contributed by atoms with Crippen LogP contribution in [0, 0.1) is 0 Å². The summed E-state index contributed by atoms with van der Waals surface area (Å²) in [4.78, 5) is 10.0. The molecule has 0 aromatic heterocycles. The zero-order chi connectivity index (χ0) is 11.3. The number of sulfonamides is 1. The van der Waals surface area contributed by atoms with E-state index in [4.69, 9.17) is 0 Å². The van der Waals surface area contributed by atoms with Gasteiger partial charge in [-0.2, -0.15) is 0 Å². The summed E-state index contributed by atoms with van der Waals surface area (Å²) in [6.45, 7) is 0. The van der Waals surface area contributed by atoms with Crippen molar-refractivity contribution in [2.75, 3.05) is 6.26 Å². The van der Waals surface area contributed by atoms with Gasteiger partial charge in [-0.05, 0) is 25.7 Å². The van der Waals surface area contributed by atoms with Crippen molar-refractivity contribution < 1.29 is 13.2 Å². The van der Waals surface area contributed by atoms with E-state index in [1.165, 1.54) is 6.26 Å². The van der Waals surface area contributed by atoms with Crippen LogP contribution in [0.5, 0.6) is 0 Å². The van der Waals surface area contributed by atoms with Crippen LogP contribution in [0.4, 0.5) is 0 Å². The van der Waals surface area contributed by atoms with Crippen LogP contribution >= 0.6 is 0 Å². The average Bonchev–Trinajstić information content (AvgIpc) is 2.14. The summed E-state index contributed by atoms with van der Waals surface area (Å²) in [6, 6.07) is 0.280. The van der Waals surface area contributed by atoms with Crippen LogP contribution in [0.1, 0.15) is 25.7 Å². The van der Waals surface area contributed by atoms with E-state index in [2.05, 4.69) is 15.6 Å². The van der Waals surface area contributed by atoms with Crippen molar-refractivity contribution in [2.45, 2.75) is 37.8 Å². The molecule has 7 heteroatoms. The van der Waals surface area contributed by atoms with Gasteiger partial charge in [0.05, 0.1) is 6.26 Å².